The molecule has 0 aliphatic carbocycles. The minimum Gasteiger partial charge on any atom is -0.356 e. The van der Waals surface area contributed by atoms with E-state index in [1.165, 1.54) is 10.9 Å². The molecule has 2 rings (SSSR count). The zero-order valence-electron chi connectivity index (χ0n) is 13.0. The topological polar surface area (TPSA) is 36.4 Å². The van der Waals surface area contributed by atoms with Gasteiger partial charge < -0.3 is 10.6 Å². The van der Waals surface area contributed by atoms with Crippen molar-refractivity contribution in [1.82, 2.24) is 10.6 Å². The summed E-state index contributed by atoms with van der Waals surface area (Å²) in [5, 5.41) is 8.43. The van der Waals surface area contributed by atoms with Gasteiger partial charge in [-0.15, -0.1) is 35.3 Å². The van der Waals surface area contributed by atoms with E-state index in [-0.39, 0.29) is 29.9 Å². The van der Waals surface area contributed by atoms with Crippen LogP contribution in [0.5, 0.6) is 0 Å². The zero-order chi connectivity index (χ0) is 15.9. The van der Waals surface area contributed by atoms with Crippen LogP contribution in [0.3, 0.4) is 0 Å². The normalized spacial score (nSPS) is 12.4. The zero-order valence-corrected chi connectivity index (χ0v) is 16.1. The van der Waals surface area contributed by atoms with E-state index in [0.717, 1.165) is 11.6 Å². The van der Waals surface area contributed by atoms with E-state index in [1.54, 1.807) is 24.5 Å². The van der Waals surface area contributed by atoms with Crippen LogP contribution in [0.15, 0.2) is 40.7 Å². The summed E-state index contributed by atoms with van der Waals surface area (Å²) in [4.78, 5) is 5.37. The maximum absolute atomic E-state index is 13.3. The van der Waals surface area contributed by atoms with E-state index in [0.29, 0.717) is 19.0 Å². The molecule has 2 N–H and O–H groups in total. The number of hydrogen-bond donors (Lipinski definition) is 2. The van der Waals surface area contributed by atoms with Crippen molar-refractivity contribution in [3.8, 4) is 0 Å². The van der Waals surface area contributed by atoms with E-state index in [9.17, 15) is 8.78 Å². The smallest absolute Gasteiger partial charge is 0.191 e. The first-order valence-corrected chi connectivity index (χ1v) is 7.90. The summed E-state index contributed by atoms with van der Waals surface area (Å²) in [7, 11) is 1.70. The molecule has 3 nitrogen and oxygen atoms in total. The Labute approximate surface area is 156 Å². The fourth-order valence-electron chi connectivity index (χ4n) is 1.99. The van der Waals surface area contributed by atoms with Crippen molar-refractivity contribution in [3.63, 3.8) is 0 Å². The Balaban J connectivity index is 0.00000264. The molecule has 0 fully saturated rings. The highest BCUT2D eigenvalue weighted by Crippen LogP contribution is 2.17. The molecule has 7 heteroatoms. The highest BCUT2D eigenvalue weighted by molar-refractivity contribution is 14.0. The summed E-state index contributed by atoms with van der Waals surface area (Å²) < 4.78 is 26.2. The van der Waals surface area contributed by atoms with Crippen molar-refractivity contribution in [2.24, 2.45) is 4.99 Å². The van der Waals surface area contributed by atoms with Crippen molar-refractivity contribution >= 4 is 41.3 Å². The number of benzene rings is 1. The number of halogens is 3. The van der Waals surface area contributed by atoms with Crippen molar-refractivity contribution in [3.05, 3.63) is 57.8 Å². The van der Waals surface area contributed by atoms with Crippen LogP contribution in [-0.2, 0) is 6.54 Å². The first-order valence-electron chi connectivity index (χ1n) is 7.02. The predicted molar refractivity (Wildman–Crippen MR) is 103 cm³/mol. The molecule has 1 heterocycles. The van der Waals surface area contributed by atoms with Gasteiger partial charge >= 0.3 is 0 Å². The largest absolute Gasteiger partial charge is 0.356 e. The number of aliphatic imine (C=N–C) groups is 1. The van der Waals surface area contributed by atoms with Crippen LogP contribution in [-0.4, -0.2) is 19.6 Å². The van der Waals surface area contributed by atoms with Gasteiger partial charge in [0.2, 0.25) is 0 Å². The van der Waals surface area contributed by atoms with Crippen LogP contribution in [0.4, 0.5) is 8.78 Å². The van der Waals surface area contributed by atoms with E-state index >= 15 is 0 Å². The van der Waals surface area contributed by atoms with Crippen molar-refractivity contribution in [2.75, 3.05) is 13.6 Å². The standard InChI is InChI=1S/C16H19F2N3S.HI/c1-11(12-5-6-14(17)15(18)8-12)9-20-16(19-2)21-10-13-4-3-7-22-13;/h3-8,11H,9-10H2,1-2H3,(H2,19,20,21);1H. The van der Waals surface area contributed by atoms with Gasteiger partial charge in [-0.05, 0) is 35.1 Å². The molecule has 2 aromatic rings. The summed E-state index contributed by atoms with van der Waals surface area (Å²) in [5.41, 5.74) is 0.750. The molecule has 0 spiro atoms. The van der Waals surface area contributed by atoms with Crippen molar-refractivity contribution in [2.45, 2.75) is 19.4 Å². The highest BCUT2D eigenvalue weighted by Gasteiger charge is 2.10. The lowest BCUT2D eigenvalue weighted by Gasteiger charge is -2.16. The Hall–Kier alpha value is -1.22. The van der Waals surface area contributed by atoms with Crippen molar-refractivity contribution < 1.29 is 8.78 Å². The molecule has 23 heavy (non-hydrogen) atoms. The van der Waals surface area contributed by atoms with Gasteiger partial charge in [0.25, 0.3) is 0 Å². The van der Waals surface area contributed by atoms with Crippen LogP contribution in [0.25, 0.3) is 0 Å². The molecule has 0 bridgehead atoms. The van der Waals surface area contributed by atoms with Gasteiger partial charge in [-0.1, -0.05) is 19.1 Å². The molecular formula is C16H20F2IN3S. The Kier molecular flexibility index (Phi) is 8.46. The molecule has 1 aromatic heterocycles. The molecule has 0 saturated carbocycles. The van der Waals surface area contributed by atoms with Crippen LogP contribution >= 0.6 is 35.3 Å². The molecule has 0 radical (unpaired) electrons. The quantitative estimate of drug-likeness (QED) is 0.408. The third-order valence-electron chi connectivity index (χ3n) is 3.32. The Morgan fingerprint density at radius 2 is 2.00 bits per heavy atom. The SMILES string of the molecule is CN=C(NCc1cccs1)NCC(C)c1ccc(F)c(F)c1.I. The molecule has 0 aliphatic heterocycles. The lowest BCUT2D eigenvalue weighted by Crippen LogP contribution is -2.38. The Bertz CT molecular complexity index is 632. The monoisotopic (exact) mass is 451 g/mol. The molecule has 0 saturated heterocycles. The second kappa shape index (κ2) is 9.82. The number of rotatable bonds is 5. The summed E-state index contributed by atoms with van der Waals surface area (Å²) in [6, 6.07) is 8.05. The van der Waals surface area contributed by atoms with Gasteiger partial charge in [-0.2, -0.15) is 0 Å². The van der Waals surface area contributed by atoms with Gasteiger partial charge in [0.1, 0.15) is 0 Å². The summed E-state index contributed by atoms with van der Waals surface area (Å²) >= 11 is 1.68. The average molecular weight is 451 g/mol. The first kappa shape index (κ1) is 19.8. The third-order valence-corrected chi connectivity index (χ3v) is 4.20. The second-order valence-corrected chi connectivity index (χ2v) is 5.99. The summed E-state index contributed by atoms with van der Waals surface area (Å²) in [6.45, 7) is 3.23. The number of hydrogen-bond acceptors (Lipinski definition) is 2. The lowest BCUT2D eigenvalue weighted by molar-refractivity contribution is 0.505. The van der Waals surface area contributed by atoms with Crippen LogP contribution in [0.1, 0.15) is 23.3 Å². The van der Waals surface area contributed by atoms with Gasteiger partial charge in [-0.25, -0.2) is 8.78 Å². The number of guanidine groups is 1. The summed E-state index contributed by atoms with van der Waals surface area (Å²) in [6.07, 6.45) is 0. The summed E-state index contributed by atoms with van der Waals surface area (Å²) in [5.74, 6) is -0.917. The second-order valence-electron chi connectivity index (χ2n) is 4.96. The van der Waals surface area contributed by atoms with Crippen LogP contribution in [0, 0.1) is 11.6 Å². The average Bonchev–Trinajstić information content (AvgIpc) is 3.03. The molecule has 0 amide bonds. The Morgan fingerprint density at radius 1 is 1.22 bits per heavy atom. The maximum Gasteiger partial charge on any atom is 0.191 e. The number of nitrogens with zero attached hydrogens (tertiary/aromatic N) is 1. The minimum absolute atomic E-state index is 0. The number of nitrogens with one attached hydrogen (secondary N) is 2. The van der Waals surface area contributed by atoms with Crippen LogP contribution in [0.2, 0.25) is 0 Å². The fraction of sp³-hybridized carbons (Fsp3) is 0.312. The molecule has 1 atom stereocenters. The molecule has 1 unspecified atom stereocenters. The molecular weight excluding hydrogens is 431 g/mol. The van der Waals surface area contributed by atoms with Crippen LogP contribution < -0.4 is 10.6 Å². The van der Waals surface area contributed by atoms with E-state index in [4.69, 9.17) is 0 Å². The first-order chi connectivity index (χ1) is 10.6. The molecule has 1 aromatic carbocycles. The predicted octanol–water partition coefficient (Wildman–Crippen LogP) is 4.11. The van der Waals surface area contributed by atoms with E-state index in [2.05, 4.69) is 21.7 Å². The fourth-order valence-corrected chi connectivity index (χ4v) is 2.64. The van der Waals surface area contributed by atoms with Gasteiger partial charge in [0.15, 0.2) is 17.6 Å². The number of thiophene rings is 1. The van der Waals surface area contributed by atoms with E-state index < -0.39 is 11.6 Å². The third kappa shape index (κ3) is 6.06. The maximum atomic E-state index is 13.3. The van der Waals surface area contributed by atoms with Gasteiger partial charge in [0, 0.05) is 18.5 Å². The lowest BCUT2D eigenvalue weighted by atomic mass is 10.0. The van der Waals surface area contributed by atoms with Gasteiger partial charge in [-0.3, -0.25) is 4.99 Å². The molecule has 0 aliphatic rings. The molecule has 126 valence electrons. The Morgan fingerprint density at radius 3 is 2.61 bits per heavy atom. The van der Waals surface area contributed by atoms with Crippen molar-refractivity contribution in [1.29, 1.82) is 0 Å². The highest BCUT2D eigenvalue weighted by atomic mass is 127. The van der Waals surface area contributed by atoms with E-state index in [1.807, 2.05) is 18.4 Å². The minimum atomic E-state index is -0.822. The van der Waals surface area contributed by atoms with Gasteiger partial charge in [0.05, 0.1) is 6.54 Å².